The second-order valence-corrected chi connectivity index (χ2v) is 8.21. The molecule has 31 heavy (non-hydrogen) atoms. The van der Waals surface area contributed by atoms with Gasteiger partial charge in [0.1, 0.15) is 12.2 Å². The molecule has 2 amide bonds. The molecule has 0 spiro atoms. The quantitative estimate of drug-likeness (QED) is 0.693. The standard InChI is InChI=1S/C21H28N4O6/c1-21(2,3)30-20(27)25-11-9-16(10-12-25)29-13-17-22-19(31-23-17)15-7-5-14(6-8-15)18(26)24-28-4/h5-8,16H,9-13H2,1-4H3,(H,24,26). The van der Waals surface area contributed by atoms with Crippen molar-refractivity contribution in [2.24, 2.45) is 0 Å². The van der Waals surface area contributed by atoms with Gasteiger partial charge in [0.25, 0.3) is 11.8 Å². The highest BCUT2D eigenvalue weighted by molar-refractivity contribution is 5.93. The summed E-state index contributed by atoms with van der Waals surface area (Å²) in [5.74, 6) is 0.439. The third-order valence-corrected chi connectivity index (χ3v) is 4.60. The molecule has 2 aromatic rings. The molecule has 1 aromatic carbocycles. The molecule has 0 aliphatic carbocycles. The van der Waals surface area contributed by atoms with Crippen molar-refractivity contribution in [3.63, 3.8) is 0 Å². The van der Waals surface area contributed by atoms with E-state index in [-0.39, 0.29) is 24.7 Å². The van der Waals surface area contributed by atoms with Crippen LogP contribution in [0.1, 0.15) is 49.8 Å². The normalized spacial score (nSPS) is 15.0. The van der Waals surface area contributed by atoms with Gasteiger partial charge in [0.2, 0.25) is 0 Å². The van der Waals surface area contributed by atoms with Crippen LogP contribution in [0.2, 0.25) is 0 Å². The number of likely N-dealkylation sites (tertiary alicyclic amines) is 1. The van der Waals surface area contributed by atoms with Gasteiger partial charge in [0, 0.05) is 24.2 Å². The summed E-state index contributed by atoms with van der Waals surface area (Å²) in [4.78, 5) is 34.5. The van der Waals surface area contributed by atoms with Gasteiger partial charge in [-0.1, -0.05) is 5.16 Å². The summed E-state index contributed by atoms with van der Waals surface area (Å²) < 4.78 is 16.6. The maximum Gasteiger partial charge on any atom is 0.410 e. The summed E-state index contributed by atoms with van der Waals surface area (Å²) in [5.41, 5.74) is 2.90. The number of piperidine rings is 1. The van der Waals surface area contributed by atoms with Crippen molar-refractivity contribution in [2.45, 2.75) is 51.9 Å². The minimum absolute atomic E-state index is 0.0132. The average Bonchev–Trinajstić information content (AvgIpc) is 3.21. The van der Waals surface area contributed by atoms with Crippen molar-refractivity contribution in [1.82, 2.24) is 20.5 Å². The monoisotopic (exact) mass is 432 g/mol. The van der Waals surface area contributed by atoms with E-state index >= 15 is 0 Å². The van der Waals surface area contributed by atoms with Crippen molar-refractivity contribution in [1.29, 1.82) is 0 Å². The zero-order valence-corrected chi connectivity index (χ0v) is 18.2. The van der Waals surface area contributed by atoms with Gasteiger partial charge in [0.05, 0.1) is 13.2 Å². The molecule has 1 aliphatic rings. The highest BCUT2D eigenvalue weighted by Gasteiger charge is 2.27. The molecule has 1 aromatic heterocycles. The fraction of sp³-hybridized carbons (Fsp3) is 0.524. The maximum absolute atomic E-state index is 12.1. The predicted molar refractivity (Wildman–Crippen MR) is 110 cm³/mol. The molecule has 1 N–H and O–H groups in total. The van der Waals surface area contributed by atoms with Crippen LogP contribution in [0.3, 0.4) is 0 Å². The van der Waals surface area contributed by atoms with Gasteiger partial charge in [-0.3, -0.25) is 9.63 Å². The number of hydrogen-bond donors (Lipinski definition) is 1. The topological polar surface area (TPSA) is 116 Å². The lowest BCUT2D eigenvalue weighted by molar-refractivity contribution is -0.0190. The number of rotatable bonds is 6. The first-order chi connectivity index (χ1) is 14.7. The van der Waals surface area contributed by atoms with Gasteiger partial charge in [0.15, 0.2) is 5.82 Å². The van der Waals surface area contributed by atoms with E-state index in [0.29, 0.717) is 35.9 Å². The Kier molecular flexibility index (Phi) is 7.24. The minimum Gasteiger partial charge on any atom is -0.444 e. The van der Waals surface area contributed by atoms with Gasteiger partial charge >= 0.3 is 6.09 Å². The number of nitrogens with zero attached hydrogens (tertiary/aromatic N) is 3. The first-order valence-corrected chi connectivity index (χ1v) is 10.1. The molecule has 0 bridgehead atoms. The van der Waals surface area contributed by atoms with Crippen molar-refractivity contribution in [3.8, 4) is 11.5 Å². The molecule has 1 aliphatic heterocycles. The zero-order chi connectivity index (χ0) is 22.4. The highest BCUT2D eigenvalue weighted by Crippen LogP contribution is 2.20. The van der Waals surface area contributed by atoms with E-state index in [1.165, 1.54) is 7.11 Å². The van der Waals surface area contributed by atoms with Crippen LogP contribution in [-0.4, -0.2) is 58.9 Å². The second kappa shape index (κ2) is 9.88. The first kappa shape index (κ1) is 22.7. The molecular formula is C21H28N4O6. The van der Waals surface area contributed by atoms with E-state index in [1.807, 2.05) is 20.8 Å². The number of nitrogens with one attached hydrogen (secondary N) is 1. The van der Waals surface area contributed by atoms with E-state index in [0.717, 1.165) is 12.8 Å². The number of carbonyl (C=O) groups is 2. The van der Waals surface area contributed by atoms with Gasteiger partial charge in [-0.25, -0.2) is 10.3 Å². The maximum atomic E-state index is 12.1. The summed E-state index contributed by atoms with van der Waals surface area (Å²) >= 11 is 0. The third-order valence-electron chi connectivity index (χ3n) is 4.60. The van der Waals surface area contributed by atoms with Gasteiger partial charge in [-0.15, -0.1) is 0 Å². The Morgan fingerprint density at radius 2 is 1.87 bits per heavy atom. The molecule has 3 rings (SSSR count). The number of aromatic nitrogens is 2. The van der Waals surface area contributed by atoms with Crippen LogP contribution in [0.5, 0.6) is 0 Å². The zero-order valence-electron chi connectivity index (χ0n) is 18.2. The summed E-state index contributed by atoms with van der Waals surface area (Å²) in [6.07, 6.45) is 1.16. The minimum atomic E-state index is -0.503. The number of amides is 2. The van der Waals surface area contributed by atoms with E-state index in [4.69, 9.17) is 14.0 Å². The molecule has 0 unspecified atom stereocenters. The van der Waals surface area contributed by atoms with E-state index in [9.17, 15) is 9.59 Å². The van der Waals surface area contributed by atoms with Crippen molar-refractivity contribution < 1.29 is 28.4 Å². The average molecular weight is 432 g/mol. The molecule has 0 saturated carbocycles. The summed E-state index contributed by atoms with van der Waals surface area (Å²) in [7, 11) is 1.37. The Bertz CT molecular complexity index is 882. The third kappa shape index (κ3) is 6.50. The van der Waals surface area contributed by atoms with Crippen molar-refractivity contribution >= 4 is 12.0 Å². The molecule has 1 saturated heterocycles. The Hall–Kier alpha value is -2.98. The Morgan fingerprint density at radius 3 is 2.48 bits per heavy atom. The lowest BCUT2D eigenvalue weighted by atomic mass is 10.1. The smallest absolute Gasteiger partial charge is 0.410 e. The van der Waals surface area contributed by atoms with E-state index in [1.54, 1.807) is 29.2 Å². The molecular weight excluding hydrogens is 404 g/mol. The van der Waals surface area contributed by atoms with Crippen molar-refractivity contribution in [3.05, 3.63) is 35.7 Å². The van der Waals surface area contributed by atoms with E-state index < -0.39 is 5.60 Å². The summed E-state index contributed by atoms with van der Waals surface area (Å²) in [6, 6.07) is 6.72. The molecule has 10 nitrogen and oxygen atoms in total. The van der Waals surface area contributed by atoms with Crippen LogP contribution >= 0.6 is 0 Å². The van der Waals surface area contributed by atoms with Crippen molar-refractivity contribution in [2.75, 3.05) is 20.2 Å². The van der Waals surface area contributed by atoms with Gasteiger partial charge in [-0.2, -0.15) is 4.98 Å². The first-order valence-electron chi connectivity index (χ1n) is 10.1. The lowest BCUT2D eigenvalue weighted by Gasteiger charge is -2.33. The van der Waals surface area contributed by atoms with Crippen LogP contribution in [0.15, 0.2) is 28.8 Å². The number of benzene rings is 1. The molecule has 0 atom stereocenters. The predicted octanol–water partition coefficient (Wildman–Crippen LogP) is 2.94. The van der Waals surface area contributed by atoms with Gasteiger partial charge in [-0.05, 0) is 57.9 Å². The molecule has 2 heterocycles. The Balaban J connectivity index is 1.47. The number of carbonyl (C=O) groups excluding carboxylic acids is 2. The van der Waals surface area contributed by atoms with E-state index in [2.05, 4.69) is 20.5 Å². The Labute approximate surface area is 180 Å². The summed E-state index contributed by atoms with van der Waals surface area (Å²) in [5, 5.41) is 3.95. The molecule has 168 valence electrons. The van der Waals surface area contributed by atoms with Crippen LogP contribution in [0.25, 0.3) is 11.5 Å². The number of hydrogen-bond acceptors (Lipinski definition) is 8. The van der Waals surface area contributed by atoms with Crippen LogP contribution < -0.4 is 5.48 Å². The lowest BCUT2D eigenvalue weighted by Crippen LogP contribution is -2.43. The summed E-state index contributed by atoms with van der Waals surface area (Å²) in [6.45, 7) is 6.94. The largest absolute Gasteiger partial charge is 0.444 e. The molecule has 0 radical (unpaired) electrons. The fourth-order valence-electron chi connectivity index (χ4n) is 3.07. The number of hydroxylamine groups is 1. The highest BCUT2D eigenvalue weighted by atomic mass is 16.6. The number of ether oxygens (including phenoxy) is 2. The van der Waals surface area contributed by atoms with Crippen LogP contribution in [0.4, 0.5) is 4.79 Å². The fourth-order valence-corrected chi connectivity index (χ4v) is 3.07. The second-order valence-electron chi connectivity index (χ2n) is 8.21. The van der Waals surface area contributed by atoms with Crippen LogP contribution in [-0.2, 0) is 20.9 Å². The molecule has 1 fully saturated rings. The SMILES string of the molecule is CONC(=O)c1ccc(-c2nc(COC3CCN(C(=O)OC(C)(C)C)CC3)no2)cc1. The Morgan fingerprint density at radius 1 is 1.19 bits per heavy atom. The van der Waals surface area contributed by atoms with Crippen LogP contribution in [0, 0.1) is 0 Å². The molecule has 10 heteroatoms. The van der Waals surface area contributed by atoms with Gasteiger partial charge < -0.3 is 18.9 Å².